The predicted molar refractivity (Wildman–Crippen MR) is 151 cm³/mol. The highest BCUT2D eigenvalue weighted by Gasteiger charge is 2.31. The molecule has 4 atom stereocenters. The number of hydrogen-bond acceptors (Lipinski definition) is 6. The van der Waals surface area contributed by atoms with Crippen LogP contribution >= 0.6 is 0 Å². The number of aryl methyl sites for hydroxylation is 1. The summed E-state index contributed by atoms with van der Waals surface area (Å²) in [5.74, 6) is -1.05. The Morgan fingerprint density at radius 1 is 1.07 bits per heavy atom. The third-order valence-corrected chi connectivity index (χ3v) is 6.87. The van der Waals surface area contributed by atoms with E-state index in [1.807, 2.05) is 33.8 Å². The number of rotatable bonds is 5. The second-order valence-corrected chi connectivity index (χ2v) is 10.7. The average Bonchev–Trinajstić information content (AvgIpc) is 2.91. The summed E-state index contributed by atoms with van der Waals surface area (Å²) >= 11 is 0. The van der Waals surface area contributed by atoms with Crippen LogP contribution in [-0.4, -0.2) is 60.0 Å². The number of fused-ring (bicyclic) bond motifs is 1. The molecule has 1 aliphatic rings. The Bertz CT molecular complexity index is 1140. The number of nitrogens with zero attached hydrogens (tertiary/aromatic N) is 1. The first-order valence-electron chi connectivity index (χ1n) is 14.1. The first kappa shape index (κ1) is 31.0. The molecule has 40 heavy (non-hydrogen) atoms. The third-order valence-electron chi connectivity index (χ3n) is 6.87. The standard InChI is InChI=1S/C30H42FN5O4/c1-5-8-24-28(37)33-13-7-10-22-12-14-32-17-26(22)40-18-20(4)34-25(16-21-9-6-11-23(31)15-21)29(38)36-27(19(2)3)30(39)35-24/h6,9,11-12,14-15,17,19-20,24-25,27,34H,5,7-8,10,13,16,18H2,1-4H3,(H,33,37)(H,35,39)(H,36,38)/t20-,24-,25+,27+/m0/s1. The van der Waals surface area contributed by atoms with Crippen LogP contribution in [0.4, 0.5) is 4.39 Å². The lowest BCUT2D eigenvalue weighted by Crippen LogP contribution is -2.59. The Kier molecular flexibility index (Phi) is 11.9. The minimum absolute atomic E-state index is 0.208. The van der Waals surface area contributed by atoms with Gasteiger partial charge in [0.1, 0.15) is 30.3 Å². The molecule has 0 spiro atoms. The fourth-order valence-electron chi connectivity index (χ4n) is 4.70. The van der Waals surface area contributed by atoms with Crippen molar-refractivity contribution < 1.29 is 23.5 Å². The van der Waals surface area contributed by atoms with Gasteiger partial charge < -0.3 is 20.7 Å². The zero-order valence-electron chi connectivity index (χ0n) is 23.8. The van der Waals surface area contributed by atoms with Gasteiger partial charge in [0.25, 0.3) is 0 Å². The summed E-state index contributed by atoms with van der Waals surface area (Å²) in [6, 6.07) is 5.40. The zero-order chi connectivity index (χ0) is 29.1. The monoisotopic (exact) mass is 555 g/mol. The number of benzene rings is 1. The van der Waals surface area contributed by atoms with E-state index in [2.05, 4.69) is 26.3 Å². The van der Waals surface area contributed by atoms with E-state index >= 15 is 0 Å². The minimum atomic E-state index is -0.861. The SMILES string of the molecule is CCC[C@@H]1NC(=O)[C@@H](C(C)C)NC(=O)[C@@H](Cc2cccc(F)c2)N[C@@H](C)COc2cnccc2CCCNC1=O. The first-order valence-corrected chi connectivity index (χ1v) is 14.1. The highest BCUT2D eigenvalue weighted by Crippen LogP contribution is 2.19. The van der Waals surface area contributed by atoms with E-state index in [4.69, 9.17) is 4.74 Å². The van der Waals surface area contributed by atoms with Crippen molar-refractivity contribution in [3.63, 3.8) is 0 Å². The quantitative estimate of drug-likeness (QED) is 0.450. The molecule has 0 saturated carbocycles. The van der Waals surface area contributed by atoms with E-state index < -0.39 is 35.8 Å². The molecule has 1 aromatic carbocycles. The van der Waals surface area contributed by atoms with Crippen LogP contribution in [0.3, 0.4) is 0 Å². The van der Waals surface area contributed by atoms with E-state index in [-0.39, 0.29) is 30.9 Å². The molecule has 3 rings (SSSR count). The summed E-state index contributed by atoms with van der Waals surface area (Å²) in [6.45, 7) is 8.22. The molecule has 0 bridgehead atoms. The zero-order valence-corrected chi connectivity index (χ0v) is 23.8. The van der Waals surface area contributed by atoms with Crippen molar-refractivity contribution >= 4 is 17.7 Å². The fourth-order valence-corrected chi connectivity index (χ4v) is 4.70. The molecule has 10 heteroatoms. The van der Waals surface area contributed by atoms with Crippen LogP contribution in [0, 0.1) is 11.7 Å². The van der Waals surface area contributed by atoms with Gasteiger partial charge in [-0.15, -0.1) is 0 Å². The molecule has 0 saturated heterocycles. The minimum Gasteiger partial charge on any atom is -0.490 e. The molecule has 0 radical (unpaired) electrons. The molecule has 218 valence electrons. The van der Waals surface area contributed by atoms with Crippen molar-refractivity contribution in [1.29, 1.82) is 0 Å². The van der Waals surface area contributed by atoms with Gasteiger partial charge in [-0.25, -0.2) is 4.39 Å². The van der Waals surface area contributed by atoms with Crippen LogP contribution in [0.5, 0.6) is 5.75 Å². The number of aromatic nitrogens is 1. The van der Waals surface area contributed by atoms with Crippen molar-refractivity contribution in [3.05, 3.63) is 59.7 Å². The molecule has 1 aromatic heterocycles. The van der Waals surface area contributed by atoms with Gasteiger partial charge in [-0.2, -0.15) is 0 Å². The molecular weight excluding hydrogens is 513 g/mol. The highest BCUT2D eigenvalue weighted by atomic mass is 19.1. The van der Waals surface area contributed by atoms with E-state index in [0.29, 0.717) is 43.5 Å². The van der Waals surface area contributed by atoms with Gasteiger partial charge in [-0.1, -0.05) is 39.3 Å². The summed E-state index contributed by atoms with van der Waals surface area (Å²) in [7, 11) is 0. The first-order chi connectivity index (χ1) is 19.2. The van der Waals surface area contributed by atoms with Crippen LogP contribution in [-0.2, 0) is 27.2 Å². The summed E-state index contributed by atoms with van der Waals surface area (Å²) in [5, 5.41) is 12.0. The van der Waals surface area contributed by atoms with E-state index in [1.54, 1.807) is 24.5 Å². The van der Waals surface area contributed by atoms with Crippen LogP contribution in [0.15, 0.2) is 42.7 Å². The number of ether oxygens (including phenoxy) is 1. The molecule has 0 fully saturated rings. The fraction of sp³-hybridized carbons (Fsp3) is 0.533. The molecule has 1 aliphatic heterocycles. The second-order valence-electron chi connectivity index (χ2n) is 10.7. The Hall–Kier alpha value is -3.53. The van der Waals surface area contributed by atoms with Crippen LogP contribution in [0.25, 0.3) is 0 Å². The number of nitrogens with one attached hydrogen (secondary N) is 4. The van der Waals surface area contributed by atoms with Gasteiger partial charge in [0.2, 0.25) is 17.7 Å². The lowest BCUT2D eigenvalue weighted by molar-refractivity contribution is -0.133. The maximum absolute atomic E-state index is 13.9. The lowest BCUT2D eigenvalue weighted by atomic mass is 9.99. The molecular formula is C30H42FN5O4. The molecule has 2 heterocycles. The lowest BCUT2D eigenvalue weighted by Gasteiger charge is -2.29. The summed E-state index contributed by atoms with van der Waals surface area (Å²) in [5.41, 5.74) is 1.60. The Balaban J connectivity index is 1.90. The highest BCUT2D eigenvalue weighted by molar-refractivity contribution is 5.93. The van der Waals surface area contributed by atoms with Gasteiger partial charge in [-0.05, 0) is 67.9 Å². The summed E-state index contributed by atoms with van der Waals surface area (Å²) < 4.78 is 20.0. The summed E-state index contributed by atoms with van der Waals surface area (Å²) in [6.07, 6.45) is 6.10. The molecule has 0 aliphatic carbocycles. The predicted octanol–water partition coefficient (Wildman–Crippen LogP) is 2.68. The van der Waals surface area contributed by atoms with Gasteiger partial charge in [0.05, 0.1) is 12.2 Å². The van der Waals surface area contributed by atoms with Crippen LogP contribution in [0.1, 0.15) is 58.1 Å². The van der Waals surface area contributed by atoms with Crippen LogP contribution in [0.2, 0.25) is 0 Å². The maximum Gasteiger partial charge on any atom is 0.243 e. The van der Waals surface area contributed by atoms with Crippen molar-refractivity contribution in [2.45, 2.75) is 84.0 Å². The molecule has 0 unspecified atom stereocenters. The normalized spacial score (nSPS) is 23.6. The Morgan fingerprint density at radius 2 is 1.88 bits per heavy atom. The van der Waals surface area contributed by atoms with Crippen molar-refractivity contribution in [3.8, 4) is 5.75 Å². The largest absolute Gasteiger partial charge is 0.490 e. The van der Waals surface area contributed by atoms with Gasteiger partial charge in [-0.3, -0.25) is 24.7 Å². The van der Waals surface area contributed by atoms with Gasteiger partial charge in [0, 0.05) is 18.8 Å². The number of amides is 3. The average molecular weight is 556 g/mol. The number of pyridine rings is 1. The Morgan fingerprint density at radius 3 is 2.60 bits per heavy atom. The second kappa shape index (κ2) is 15.3. The van der Waals surface area contributed by atoms with Crippen molar-refractivity contribution in [1.82, 2.24) is 26.3 Å². The van der Waals surface area contributed by atoms with Crippen molar-refractivity contribution in [2.75, 3.05) is 13.2 Å². The number of halogens is 1. The molecule has 3 amide bonds. The van der Waals surface area contributed by atoms with E-state index in [1.165, 1.54) is 12.1 Å². The van der Waals surface area contributed by atoms with Gasteiger partial charge in [0.15, 0.2) is 0 Å². The van der Waals surface area contributed by atoms with Crippen molar-refractivity contribution in [2.24, 2.45) is 5.92 Å². The number of carbonyl (C=O) groups excluding carboxylic acids is 3. The molecule has 4 N–H and O–H groups in total. The number of carbonyl (C=O) groups is 3. The van der Waals surface area contributed by atoms with E-state index in [0.717, 1.165) is 5.56 Å². The van der Waals surface area contributed by atoms with E-state index in [9.17, 15) is 18.8 Å². The maximum atomic E-state index is 13.9. The molecule has 2 aromatic rings. The smallest absolute Gasteiger partial charge is 0.243 e. The topological polar surface area (TPSA) is 121 Å². The van der Waals surface area contributed by atoms with Gasteiger partial charge >= 0.3 is 0 Å². The third kappa shape index (κ3) is 9.29. The molecule has 9 nitrogen and oxygen atoms in total. The number of hydrogen-bond donors (Lipinski definition) is 4. The Labute approximate surface area is 236 Å². The van der Waals surface area contributed by atoms with Crippen LogP contribution < -0.4 is 26.0 Å². The summed E-state index contributed by atoms with van der Waals surface area (Å²) in [4.78, 5) is 44.1.